The lowest BCUT2D eigenvalue weighted by Crippen LogP contribution is -2.40. The van der Waals surface area contributed by atoms with Crippen molar-refractivity contribution >= 4 is 16.0 Å². The maximum atomic E-state index is 12.5. The summed E-state index contributed by atoms with van der Waals surface area (Å²) in [7, 11) is -3.70. The molecule has 6 heteroatoms. The Bertz CT molecular complexity index is 662. The van der Waals surface area contributed by atoms with Crippen molar-refractivity contribution in [1.82, 2.24) is 4.72 Å². The Labute approximate surface area is 125 Å². The highest BCUT2D eigenvalue weighted by Crippen LogP contribution is 2.30. The lowest BCUT2D eigenvalue weighted by Gasteiger charge is -2.31. The van der Waals surface area contributed by atoms with E-state index in [1.807, 2.05) is 6.92 Å². The van der Waals surface area contributed by atoms with Gasteiger partial charge in [-0.15, -0.1) is 0 Å². The summed E-state index contributed by atoms with van der Waals surface area (Å²) < 4.78 is 27.7. The van der Waals surface area contributed by atoms with Crippen molar-refractivity contribution in [3.63, 3.8) is 0 Å². The van der Waals surface area contributed by atoms with Gasteiger partial charge in [-0.3, -0.25) is 0 Å². The SMILES string of the molecule is Cc1cc(C)c(S(=O)(=O)NC(C)C2CCC2)cc1C(=O)O. The van der Waals surface area contributed by atoms with Crippen LogP contribution in [0, 0.1) is 19.8 Å². The van der Waals surface area contributed by atoms with Crippen LogP contribution in [0.4, 0.5) is 0 Å². The van der Waals surface area contributed by atoms with Gasteiger partial charge in [0.2, 0.25) is 10.0 Å². The number of aromatic carboxylic acids is 1. The molecule has 0 amide bonds. The minimum absolute atomic E-state index is 0.0253. The molecule has 1 fully saturated rings. The number of hydrogen-bond acceptors (Lipinski definition) is 3. The summed E-state index contributed by atoms with van der Waals surface area (Å²) in [5, 5.41) is 9.15. The van der Waals surface area contributed by atoms with Crippen LogP contribution in [0.3, 0.4) is 0 Å². The van der Waals surface area contributed by atoms with E-state index in [2.05, 4.69) is 4.72 Å². The molecule has 1 unspecified atom stereocenters. The second kappa shape index (κ2) is 5.77. The van der Waals surface area contributed by atoms with E-state index >= 15 is 0 Å². The Morgan fingerprint density at radius 1 is 1.29 bits per heavy atom. The predicted octanol–water partition coefficient (Wildman–Crippen LogP) is 2.47. The van der Waals surface area contributed by atoms with Crippen molar-refractivity contribution in [3.8, 4) is 0 Å². The van der Waals surface area contributed by atoms with E-state index < -0.39 is 16.0 Å². The number of carboxylic acid groups (broad SMARTS) is 1. The molecule has 1 aromatic carbocycles. The minimum atomic E-state index is -3.70. The molecule has 0 heterocycles. The molecule has 0 bridgehead atoms. The molecule has 116 valence electrons. The van der Waals surface area contributed by atoms with E-state index in [1.165, 1.54) is 6.07 Å². The fourth-order valence-electron chi connectivity index (χ4n) is 2.70. The summed E-state index contributed by atoms with van der Waals surface area (Å²) in [6.45, 7) is 5.21. The molecule has 5 nitrogen and oxygen atoms in total. The van der Waals surface area contributed by atoms with Gasteiger partial charge >= 0.3 is 5.97 Å². The molecule has 0 radical (unpaired) electrons. The summed E-state index contributed by atoms with van der Waals surface area (Å²) in [4.78, 5) is 11.2. The fraction of sp³-hybridized carbons (Fsp3) is 0.533. The first kappa shape index (κ1) is 16.0. The smallest absolute Gasteiger partial charge is 0.335 e. The van der Waals surface area contributed by atoms with Crippen molar-refractivity contribution in [2.75, 3.05) is 0 Å². The topological polar surface area (TPSA) is 83.5 Å². The van der Waals surface area contributed by atoms with E-state index in [1.54, 1.807) is 19.9 Å². The summed E-state index contributed by atoms with van der Waals surface area (Å²) in [6, 6.07) is 2.73. The first-order chi connectivity index (χ1) is 9.72. The van der Waals surface area contributed by atoms with E-state index in [-0.39, 0.29) is 16.5 Å². The van der Waals surface area contributed by atoms with Crippen LogP contribution >= 0.6 is 0 Å². The third-order valence-corrected chi connectivity index (χ3v) is 5.94. The van der Waals surface area contributed by atoms with E-state index in [0.717, 1.165) is 19.3 Å². The van der Waals surface area contributed by atoms with Crippen LogP contribution in [0.25, 0.3) is 0 Å². The molecule has 2 rings (SSSR count). The minimum Gasteiger partial charge on any atom is -0.478 e. The number of aryl methyl sites for hydroxylation is 2. The maximum Gasteiger partial charge on any atom is 0.335 e. The molecule has 1 saturated carbocycles. The Balaban J connectivity index is 2.34. The lowest BCUT2D eigenvalue weighted by molar-refractivity contribution is 0.0696. The van der Waals surface area contributed by atoms with Crippen molar-refractivity contribution in [1.29, 1.82) is 0 Å². The molecule has 0 saturated heterocycles. The standard InChI is InChI=1S/C15H21NO4S/c1-9-7-10(2)14(8-13(9)15(17)18)21(19,20)16-11(3)12-5-4-6-12/h7-8,11-12,16H,4-6H2,1-3H3,(H,17,18). The zero-order chi connectivity index (χ0) is 15.8. The van der Waals surface area contributed by atoms with Gasteiger partial charge in [0.25, 0.3) is 0 Å². The summed E-state index contributed by atoms with van der Waals surface area (Å²) >= 11 is 0. The van der Waals surface area contributed by atoms with Crippen LogP contribution in [0.1, 0.15) is 47.7 Å². The van der Waals surface area contributed by atoms with Crippen LogP contribution in [0.15, 0.2) is 17.0 Å². The van der Waals surface area contributed by atoms with Gasteiger partial charge in [-0.1, -0.05) is 12.5 Å². The van der Waals surface area contributed by atoms with Crippen LogP contribution in [0.2, 0.25) is 0 Å². The average Bonchev–Trinajstić information content (AvgIpc) is 2.23. The highest BCUT2D eigenvalue weighted by Gasteiger charge is 2.29. The van der Waals surface area contributed by atoms with Gasteiger partial charge in [0.1, 0.15) is 0 Å². The third kappa shape index (κ3) is 3.27. The Morgan fingerprint density at radius 2 is 1.90 bits per heavy atom. The van der Waals surface area contributed by atoms with Gasteiger partial charge < -0.3 is 5.11 Å². The normalized spacial score (nSPS) is 17.3. The number of nitrogens with one attached hydrogen (secondary N) is 1. The molecular formula is C15H21NO4S. The highest BCUT2D eigenvalue weighted by molar-refractivity contribution is 7.89. The quantitative estimate of drug-likeness (QED) is 0.875. The molecule has 0 aliphatic heterocycles. The van der Waals surface area contributed by atoms with Gasteiger partial charge in [-0.25, -0.2) is 17.9 Å². The zero-order valence-corrected chi connectivity index (χ0v) is 13.3. The number of rotatable bonds is 5. The first-order valence-corrected chi connectivity index (χ1v) is 8.57. The Morgan fingerprint density at radius 3 is 2.38 bits per heavy atom. The van der Waals surface area contributed by atoms with E-state index in [0.29, 0.717) is 17.0 Å². The summed E-state index contributed by atoms with van der Waals surface area (Å²) in [5.41, 5.74) is 1.15. The second-order valence-corrected chi connectivity index (χ2v) is 7.52. The van der Waals surface area contributed by atoms with Crippen molar-refractivity contribution in [2.45, 2.75) is 51.0 Å². The highest BCUT2D eigenvalue weighted by atomic mass is 32.2. The van der Waals surface area contributed by atoms with Gasteiger partial charge in [0.15, 0.2) is 0 Å². The Hall–Kier alpha value is -1.40. The maximum absolute atomic E-state index is 12.5. The molecule has 1 aliphatic carbocycles. The molecule has 1 aliphatic rings. The van der Waals surface area contributed by atoms with Crippen molar-refractivity contribution in [3.05, 3.63) is 28.8 Å². The van der Waals surface area contributed by atoms with Crippen LogP contribution in [-0.4, -0.2) is 25.5 Å². The molecule has 21 heavy (non-hydrogen) atoms. The third-order valence-electron chi connectivity index (χ3n) is 4.24. The van der Waals surface area contributed by atoms with E-state index in [9.17, 15) is 13.2 Å². The van der Waals surface area contributed by atoms with Crippen molar-refractivity contribution in [2.24, 2.45) is 5.92 Å². The Kier molecular flexibility index (Phi) is 4.39. The van der Waals surface area contributed by atoms with Crippen LogP contribution in [0.5, 0.6) is 0 Å². The molecule has 0 spiro atoms. The van der Waals surface area contributed by atoms with Gasteiger partial charge in [0.05, 0.1) is 10.5 Å². The summed E-state index contributed by atoms with van der Waals surface area (Å²) in [5.74, 6) is -0.736. The lowest BCUT2D eigenvalue weighted by atomic mass is 9.81. The molecule has 1 aromatic rings. The number of carbonyl (C=O) groups is 1. The number of hydrogen-bond donors (Lipinski definition) is 2. The van der Waals surface area contributed by atoms with Crippen LogP contribution in [-0.2, 0) is 10.0 Å². The second-order valence-electron chi connectivity index (χ2n) is 5.84. The molecule has 1 atom stereocenters. The molecule has 2 N–H and O–H groups in total. The van der Waals surface area contributed by atoms with E-state index in [4.69, 9.17) is 5.11 Å². The molecule has 0 aromatic heterocycles. The van der Waals surface area contributed by atoms with Crippen LogP contribution < -0.4 is 4.72 Å². The number of benzene rings is 1. The largest absolute Gasteiger partial charge is 0.478 e. The summed E-state index contributed by atoms with van der Waals surface area (Å²) in [6.07, 6.45) is 3.22. The van der Waals surface area contributed by atoms with Gasteiger partial charge in [0, 0.05) is 6.04 Å². The fourth-order valence-corrected chi connectivity index (χ4v) is 4.26. The first-order valence-electron chi connectivity index (χ1n) is 7.09. The predicted molar refractivity (Wildman–Crippen MR) is 80.0 cm³/mol. The number of sulfonamides is 1. The van der Waals surface area contributed by atoms with Gasteiger partial charge in [-0.2, -0.15) is 0 Å². The average molecular weight is 311 g/mol. The van der Waals surface area contributed by atoms with Gasteiger partial charge in [-0.05, 0) is 56.7 Å². The van der Waals surface area contributed by atoms with Crippen molar-refractivity contribution < 1.29 is 18.3 Å². The molecular weight excluding hydrogens is 290 g/mol. The zero-order valence-electron chi connectivity index (χ0n) is 12.5. The monoisotopic (exact) mass is 311 g/mol. The number of carboxylic acids is 1.